The van der Waals surface area contributed by atoms with Gasteiger partial charge in [-0.3, -0.25) is 5.10 Å². The van der Waals surface area contributed by atoms with Gasteiger partial charge in [-0.2, -0.15) is 5.10 Å². The van der Waals surface area contributed by atoms with Gasteiger partial charge in [-0.05, 0) is 44.9 Å². The highest BCUT2D eigenvalue weighted by molar-refractivity contribution is 5.20. The van der Waals surface area contributed by atoms with Crippen molar-refractivity contribution in [3.05, 3.63) is 53.1 Å². The highest BCUT2D eigenvalue weighted by Crippen LogP contribution is 2.21. The Morgan fingerprint density at radius 2 is 1.95 bits per heavy atom. The Bertz CT molecular complexity index is 567. The molecule has 0 bridgehead atoms. The van der Waals surface area contributed by atoms with Crippen LogP contribution in [-0.4, -0.2) is 21.3 Å². The summed E-state index contributed by atoms with van der Waals surface area (Å²) < 4.78 is 12.9. The van der Waals surface area contributed by atoms with E-state index in [2.05, 4.69) is 22.4 Å². The summed E-state index contributed by atoms with van der Waals surface area (Å²) in [7, 11) is 0. The molecule has 3 N–H and O–H groups in total. The van der Waals surface area contributed by atoms with Crippen LogP contribution < -0.4 is 5.32 Å². The van der Waals surface area contributed by atoms with Gasteiger partial charge < -0.3 is 10.4 Å². The Labute approximate surface area is 124 Å². The largest absolute Gasteiger partial charge is 0.388 e. The normalized spacial score (nSPS) is 15.7. The van der Waals surface area contributed by atoms with Crippen molar-refractivity contribution in [1.29, 1.82) is 0 Å². The first kappa shape index (κ1) is 15.7. The first-order valence-electron chi connectivity index (χ1n) is 7.16. The zero-order chi connectivity index (χ0) is 15.4. The second-order valence-corrected chi connectivity index (χ2v) is 5.54. The maximum atomic E-state index is 12.9. The van der Waals surface area contributed by atoms with Gasteiger partial charge in [0.2, 0.25) is 0 Å². The summed E-state index contributed by atoms with van der Waals surface area (Å²) in [6.45, 7) is 6.08. The van der Waals surface area contributed by atoms with Gasteiger partial charge in [0.1, 0.15) is 5.82 Å². The van der Waals surface area contributed by atoms with Crippen molar-refractivity contribution in [2.24, 2.45) is 0 Å². The highest BCUT2D eigenvalue weighted by Gasteiger charge is 2.16. The molecule has 0 spiro atoms. The lowest BCUT2D eigenvalue weighted by Crippen LogP contribution is -2.30. The Balaban J connectivity index is 1.90. The summed E-state index contributed by atoms with van der Waals surface area (Å²) in [5.41, 5.74) is 2.90. The van der Waals surface area contributed by atoms with Crippen molar-refractivity contribution in [3.63, 3.8) is 0 Å². The SMILES string of the molecule is Cc1[nH]ncc1C(C)NC(C)CC(O)c1ccc(F)cc1. The molecule has 3 atom stereocenters. The Hall–Kier alpha value is -1.72. The van der Waals surface area contributed by atoms with Crippen molar-refractivity contribution in [3.8, 4) is 0 Å². The third kappa shape index (κ3) is 4.12. The van der Waals surface area contributed by atoms with E-state index in [1.807, 2.05) is 20.0 Å². The molecule has 2 aromatic rings. The average molecular weight is 291 g/mol. The van der Waals surface area contributed by atoms with Crippen LogP contribution in [0.1, 0.15) is 49.2 Å². The molecular weight excluding hydrogens is 269 g/mol. The maximum Gasteiger partial charge on any atom is 0.123 e. The molecule has 21 heavy (non-hydrogen) atoms. The minimum absolute atomic E-state index is 0.120. The van der Waals surface area contributed by atoms with Crippen molar-refractivity contribution in [2.75, 3.05) is 0 Å². The lowest BCUT2D eigenvalue weighted by atomic mass is 10.0. The topological polar surface area (TPSA) is 60.9 Å². The van der Waals surface area contributed by atoms with E-state index in [-0.39, 0.29) is 17.9 Å². The van der Waals surface area contributed by atoms with E-state index in [1.165, 1.54) is 12.1 Å². The zero-order valence-corrected chi connectivity index (χ0v) is 12.6. The molecule has 0 aliphatic heterocycles. The van der Waals surface area contributed by atoms with E-state index in [0.29, 0.717) is 6.42 Å². The number of aliphatic hydroxyl groups is 1. The molecule has 5 heteroatoms. The number of hydrogen-bond acceptors (Lipinski definition) is 3. The number of aryl methyl sites for hydroxylation is 1. The fourth-order valence-electron chi connectivity index (χ4n) is 2.54. The number of aromatic nitrogens is 2. The van der Waals surface area contributed by atoms with Gasteiger partial charge in [-0.1, -0.05) is 12.1 Å². The molecule has 0 fully saturated rings. The van der Waals surface area contributed by atoms with Crippen molar-refractivity contribution < 1.29 is 9.50 Å². The molecule has 2 rings (SSSR count). The van der Waals surface area contributed by atoms with Crippen LogP contribution in [0, 0.1) is 12.7 Å². The summed E-state index contributed by atoms with van der Waals surface area (Å²) in [5, 5.41) is 20.6. The second-order valence-electron chi connectivity index (χ2n) is 5.54. The monoisotopic (exact) mass is 291 g/mol. The van der Waals surface area contributed by atoms with Gasteiger partial charge in [0, 0.05) is 23.3 Å². The molecule has 0 aliphatic rings. The van der Waals surface area contributed by atoms with Gasteiger partial charge in [0.25, 0.3) is 0 Å². The summed E-state index contributed by atoms with van der Waals surface area (Å²) in [4.78, 5) is 0. The van der Waals surface area contributed by atoms with Crippen LogP contribution >= 0.6 is 0 Å². The van der Waals surface area contributed by atoms with E-state index in [4.69, 9.17) is 0 Å². The number of nitrogens with one attached hydrogen (secondary N) is 2. The van der Waals surface area contributed by atoms with E-state index in [1.54, 1.807) is 12.1 Å². The van der Waals surface area contributed by atoms with Crippen LogP contribution in [0.3, 0.4) is 0 Å². The number of hydrogen-bond donors (Lipinski definition) is 3. The summed E-state index contributed by atoms with van der Waals surface area (Å²) in [6.07, 6.45) is 1.77. The number of aliphatic hydroxyl groups excluding tert-OH is 1. The lowest BCUT2D eigenvalue weighted by molar-refractivity contribution is 0.152. The van der Waals surface area contributed by atoms with E-state index in [9.17, 15) is 9.50 Å². The number of rotatable bonds is 6. The van der Waals surface area contributed by atoms with Crippen LogP contribution in [0.5, 0.6) is 0 Å². The van der Waals surface area contributed by atoms with Gasteiger partial charge in [0.15, 0.2) is 0 Å². The van der Waals surface area contributed by atoms with Gasteiger partial charge in [-0.25, -0.2) is 4.39 Å². The number of nitrogens with zero attached hydrogens (tertiary/aromatic N) is 1. The quantitative estimate of drug-likeness (QED) is 0.766. The fraction of sp³-hybridized carbons (Fsp3) is 0.438. The molecule has 0 aliphatic carbocycles. The van der Waals surface area contributed by atoms with Crippen molar-refractivity contribution in [2.45, 2.75) is 45.4 Å². The standard InChI is InChI=1S/C16H22FN3O/c1-10(19-11(2)15-9-18-20-12(15)3)8-16(21)13-4-6-14(17)7-5-13/h4-7,9-11,16,19,21H,8H2,1-3H3,(H,18,20). The van der Waals surface area contributed by atoms with Crippen LogP contribution in [0.15, 0.2) is 30.5 Å². The summed E-state index contributed by atoms with van der Waals surface area (Å²) in [6, 6.07) is 6.25. The third-order valence-electron chi connectivity index (χ3n) is 3.70. The van der Waals surface area contributed by atoms with Gasteiger partial charge in [0.05, 0.1) is 12.3 Å². The number of aromatic amines is 1. The number of H-pyrrole nitrogens is 1. The predicted octanol–water partition coefficient (Wildman–Crippen LogP) is 3.02. The van der Waals surface area contributed by atoms with Gasteiger partial charge in [-0.15, -0.1) is 0 Å². The smallest absolute Gasteiger partial charge is 0.123 e. The van der Waals surface area contributed by atoms with Crippen LogP contribution in [0.4, 0.5) is 4.39 Å². The van der Waals surface area contributed by atoms with Gasteiger partial charge >= 0.3 is 0 Å². The van der Waals surface area contributed by atoms with Crippen LogP contribution in [0.25, 0.3) is 0 Å². The minimum Gasteiger partial charge on any atom is -0.388 e. The Morgan fingerprint density at radius 3 is 2.52 bits per heavy atom. The molecule has 1 aromatic heterocycles. The molecule has 114 valence electrons. The van der Waals surface area contributed by atoms with Crippen LogP contribution in [0.2, 0.25) is 0 Å². The van der Waals surface area contributed by atoms with Crippen LogP contribution in [-0.2, 0) is 0 Å². The summed E-state index contributed by atoms with van der Waals surface area (Å²) >= 11 is 0. The zero-order valence-electron chi connectivity index (χ0n) is 12.6. The number of halogens is 1. The number of benzene rings is 1. The minimum atomic E-state index is -0.606. The van der Waals surface area contributed by atoms with E-state index >= 15 is 0 Å². The molecular formula is C16H22FN3O. The first-order chi connectivity index (χ1) is 9.97. The molecule has 1 aromatic carbocycles. The fourth-order valence-corrected chi connectivity index (χ4v) is 2.54. The molecule has 0 amide bonds. The average Bonchev–Trinajstić information content (AvgIpc) is 2.85. The lowest BCUT2D eigenvalue weighted by Gasteiger charge is -2.22. The second kappa shape index (κ2) is 6.83. The van der Waals surface area contributed by atoms with Crippen molar-refractivity contribution >= 4 is 0 Å². The van der Waals surface area contributed by atoms with E-state index < -0.39 is 6.10 Å². The first-order valence-corrected chi connectivity index (χ1v) is 7.16. The third-order valence-corrected chi connectivity index (χ3v) is 3.70. The predicted molar refractivity (Wildman–Crippen MR) is 80.3 cm³/mol. The van der Waals surface area contributed by atoms with E-state index in [0.717, 1.165) is 16.8 Å². The van der Waals surface area contributed by atoms with Crippen molar-refractivity contribution in [1.82, 2.24) is 15.5 Å². The molecule has 0 saturated heterocycles. The molecule has 3 unspecified atom stereocenters. The molecule has 0 saturated carbocycles. The molecule has 1 heterocycles. The Morgan fingerprint density at radius 1 is 1.29 bits per heavy atom. The molecule has 0 radical (unpaired) electrons. The highest BCUT2D eigenvalue weighted by atomic mass is 19.1. The Kier molecular flexibility index (Phi) is 5.09. The maximum absolute atomic E-state index is 12.9. The molecule has 4 nitrogen and oxygen atoms in total. The summed E-state index contributed by atoms with van der Waals surface area (Å²) in [5.74, 6) is -0.291.